The minimum atomic E-state index is -1.30. The van der Waals surface area contributed by atoms with Crippen LogP contribution in [0.25, 0.3) is 0 Å². The summed E-state index contributed by atoms with van der Waals surface area (Å²) < 4.78 is 4.81. The first-order chi connectivity index (χ1) is 6.68. The van der Waals surface area contributed by atoms with Crippen LogP contribution in [0.15, 0.2) is 5.18 Å². The molecule has 4 heteroatoms. The second-order valence-corrected chi connectivity index (χ2v) is 3.66. The summed E-state index contributed by atoms with van der Waals surface area (Å²) in [7, 11) is 1.42. The number of methoxy groups -OCH3 is 1. The molecule has 0 aromatic carbocycles. The molecule has 1 unspecified atom stereocenters. The molecule has 0 rings (SSSR count). The molecule has 0 spiro atoms. The van der Waals surface area contributed by atoms with Gasteiger partial charge < -0.3 is 4.74 Å². The zero-order valence-electron chi connectivity index (χ0n) is 9.29. The summed E-state index contributed by atoms with van der Waals surface area (Å²) in [5.41, 5.74) is 5.54. The summed E-state index contributed by atoms with van der Waals surface area (Å²) in [5, 5.41) is 2.78. The Morgan fingerprint density at radius 2 is 1.79 bits per heavy atom. The van der Waals surface area contributed by atoms with Gasteiger partial charge in [0.1, 0.15) is 0 Å². The maximum atomic E-state index is 10.3. The van der Waals surface area contributed by atoms with Crippen LogP contribution in [0.1, 0.15) is 51.9 Å². The number of nitrogens with zero attached hydrogens (tertiary/aromatic N) is 1. The van der Waals surface area contributed by atoms with E-state index >= 15 is 0 Å². The lowest BCUT2D eigenvalue weighted by Crippen LogP contribution is -2.39. The van der Waals surface area contributed by atoms with Crippen LogP contribution in [-0.2, 0) is 4.74 Å². The Morgan fingerprint density at radius 3 is 2.29 bits per heavy atom. The van der Waals surface area contributed by atoms with Crippen LogP contribution in [-0.4, -0.2) is 13.0 Å². The highest BCUT2D eigenvalue weighted by molar-refractivity contribution is 4.68. The summed E-state index contributed by atoms with van der Waals surface area (Å²) in [6, 6.07) is 0. The quantitative estimate of drug-likeness (QED) is 0.355. The Morgan fingerprint density at radius 1 is 1.21 bits per heavy atom. The first-order valence-corrected chi connectivity index (χ1v) is 5.37. The van der Waals surface area contributed by atoms with Gasteiger partial charge in [0, 0.05) is 13.5 Å². The Hall–Kier alpha value is -0.480. The zero-order valence-corrected chi connectivity index (χ0v) is 9.29. The van der Waals surface area contributed by atoms with E-state index in [2.05, 4.69) is 12.1 Å². The molecule has 0 fully saturated rings. The van der Waals surface area contributed by atoms with Crippen molar-refractivity contribution in [3.63, 3.8) is 0 Å². The molecule has 0 radical (unpaired) electrons. The van der Waals surface area contributed by atoms with Gasteiger partial charge in [0.05, 0.1) is 0 Å². The molecule has 0 heterocycles. The third kappa shape index (κ3) is 6.05. The molecule has 14 heavy (non-hydrogen) atoms. The van der Waals surface area contributed by atoms with Crippen LogP contribution in [0, 0.1) is 4.91 Å². The Labute approximate surface area is 86.2 Å². The highest BCUT2D eigenvalue weighted by Gasteiger charge is 2.24. The van der Waals surface area contributed by atoms with Gasteiger partial charge in [-0.1, -0.05) is 39.0 Å². The van der Waals surface area contributed by atoms with E-state index in [9.17, 15) is 4.91 Å². The first-order valence-electron chi connectivity index (χ1n) is 5.37. The maximum absolute atomic E-state index is 10.3. The SMILES string of the molecule is CCCCCCCCC(N)(N=O)OC. The molecule has 0 aliphatic heterocycles. The van der Waals surface area contributed by atoms with Crippen molar-refractivity contribution in [1.82, 2.24) is 0 Å². The molecule has 0 aromatic heterocycles. The van der Waals surface area contributed by atoms with Gasteiger partial charge in [0.25, 0.3) is 5.85 Å². The van der Waals surface area contributed by atoms with Crippen LogP contribution >= 0.6 is 0 Å². The molecule has 1 atom stereocenters. The molecule has 4 nitrogen and oxygen atoms in total. The minimum Gasteiger partial charge on any atom is -0.342 e. The van der Waals surface area contributed by atoms with Crippen molar-refractivity contribution in [2.45, 2.75) is 57.7 Å². The van der Waals surface area contributed by atoms with Crippen molar-refractivity contribution in [2.24, 2.45) is 10.9 Å². The van der Waals surface area contributed by atoms with Crippen molar-refractivity contribution < 1.29 is 4.74 Å². The van der Waals surface area contributed by atoms with Crippen molar-refractivity contribution in [3.05, 3.63) is 4.91 Å². The third-order valence-corrected chi connectivity index (χ3v) is 2.40. The van der Waals surface area contributed by atoms with Crippen molar-refractivity contribution in [1.29, 1.82) is 0 Å². The molecule has 2 N–H and O–H groups in total. The van der Waals surface area contributed by atoms with Gasteiger partial charge in [-0.15, -0.1) is 4.91 Å². The molecule has 0 saturated heterocycles. The number of unbranched alkanes of at least 4 members (excludes halogenated alkanes) is 5. The fourth-order valence-corrected chi connectivity index (χ4v) is 1.34. The molecule has 0 amide bonds. The minimum absolute atomic E-state index is 0.513. The van der Waals surface area contributed by atoms with E-state index < -0.39 is 5.85 Å². The second-order valence-electron chi connectivity index (χ2n) is 3.66. The van der Waals surface area contributed by atoms with Gasteiger partial charge in [-0.25, -0.2) is 0 Å². The summed E-state index contributed by atoms with van der Waals surface area (Å²) in [6.07, 6.45) is 7.50. The number of rotatable bonds is 9. The second kappa shape index (κ2) is 7.88. The fraction of sp³-hybridized carbons (Fsp3) is 1.00. The smallest absolute Gasteiger partial charge is 0.253 e. The predicted molar refractivity (Wildman–Crippen MR) is 57.7 cm³/mol. The number of nitrogens with two attached hydrogens (primary N) is 1. The van der Waals surface area contributed by atoms with Crippen LogP contribution in [0.2, 0.25) is 0 Å². The van der Waals surface area contributed by atoms with Crippen LogP contribution in [0.3, 0.4) is 0 Å². The molecule has 0 bridgehead atoms. The van der Waals surface area contributed by atoms with Gasteiger partial charge in [0.15, 0.2) is 0 Å². The Kier molecular flexibility index (Phi) is 7.61. The summed E-state index contributed by atoms with van der Waals surface area (Å²) in [6.45, 7) is 2.19. The third-order valence-electron chi connectivity index (χ3n) is 2.40. The average molecular weight is 202 g/mol. The number of ether oxygens (including phenoxy) is 1. The standard InChI is InChI=1S/C10H22N2O2/c1-3-4-5-6-7-8-9-10(11,12-13)14-2/h3-9,11H2,1-2H3. The van der Waals surface area contributed by atoms with Crippen molar-refractivity contribution >= 4 is 0 Å². The van der Waals surface area contributed by atoms with E-state index in [4.69, 9.17) is 10.5 Å². The molecular formula is C10H22N2O2. The van der Waals surface area contributed by atoms with E-state index in [-0.39, 0.29) is 0 Å². The highest BCUT2D eigenvalue weighted by Crippen LogP contribution is 2.15. The molecular weight excluding hydrogens is 180 g/mol. The predicted octanol–water partition coefficient (Wildman–Crippen LogP) is 2.76. The van der Waals surface area contributed by atoms with Gasteiger partial charge in [-0.05, 0) is 11.6 Å². The van der Waals surface area contributed by atoms with E-state index in [1.807, 2.05) is 0 Å². The lowest BCUT2D eigenvalue weighted by molar-refractivity contribution is -0.00772. The highest BCUT2D eigenvalue weighted by atomic mass is 16.5. The fourth-order valence-electron chi connectivity index (χ4n) is 1.34. The first kappa shape index (κ1) is 13.5. The van der Waals surface area contributed by atoms with Crippen molar-refractivity contribution in [2.75, 3.05) is 7.11 Å². The van der Waals surface area contributed by atoms with Gasteiger partial charge in [0.2, 0.25) is 0 Å². The van der Waals surface area contributed by atoms with Crippen LogP contribution < -0.4 is 5.73 Å². The number of hydrogen-bond acceptors (Lipinski definition) is 4. The van der Waals surface area contributed by atoms with Gasteiger partial charge in [-0.3, -0.25) is 5.73 Å². The van der Waals surface area contributed by atoms with Crippen molar-refractivity contribution in [3.8, 4) is 0 Å². The Bertz CT molecular complexity index is 153. The lowest BCUT2D eigenvalue weighted by atomic mass is 10.1. The van der Waals surface area contributed by atoms with E-state index in [0.29, 0.717) is 6.42 Å². The zero-order chi connectivity index (χ0) is 10.9. The normalized spacial score (nSPS) is 15.1. The largest absolute Gasteiger partial charge is 0.342 e. The molecule has 0 saturated carbocycles. The maximum Gasteiger partial charge on any atom is 0.253 e. The summed E-state index contributed by atoms with van der Waals surface area (Å²) >= 11 is 0. The topological polar surface area (TPSA) is 64.7 Å². The molecule has 0 aromatic rings. The molecule has 0 aliphatic carbocycles. The molecule has 0 aliphatic rings. The van der Waals surface area contributed by atoms with Crippen LogP contribution in [0.5, 0.6) is 0 Å². The van der Waals surface area contributed by atoms with E-state index in [0.717, 1.165) is 12.8 Å². The summed E-state index contributed by atoms with van der Waals surface area (Å²) in [4.78, 5) is 10.3. The van der Waals surface area contributed by atoms with Gasteiger partial charge in [-0.2, -0.15) is 0 Å². The van der Waals surface area contributed by atoms with E-state index in [1.165, 1.54) is 32.8 Å². The molecule has 84 valence electrons. The number of hydrogen-bond donors (Lipinski definition) is 1. The monoisotopic (exact) mass is 202 g/mol. The van der Waals surface area contributed by atoms with Crippen LogP contribution in [0.4, 0.5) is 0 Å². The summed E-state index contributed by atoms with van der Waals surface area (Å²) in [5.74, 6) is -1.30. The lowest BCUT2D eigenvalue weighted by Gasteiger charge is -2.18. The van der Waals surface area contributed by atoms with Gasteiger partial charge >= 0.3 is 0 Å². The van der Waals surface area contributed by atoms with E-state index in [1.54, 1.807) is 0 Å². The number of nitroso groups, excluding NO2 is 1. The Balaban J connectivity index is 3.38. The average Bonchev–Trinajstić information content (AvgIpc) is 2.23.